The quantitative estimate of drug-likeness (QED) is 0.623. The van der Waals surface area contributed by atoms with E-state index < -0.39 is 0 Å². The van der Waals surface area contributed by atoms with Crippen molar-refractivity contribution in [3.05, 3.63) is 21.9 Å². The Bertz CT molecular complexity index is 374. The molecule has 0 aliphatic heterocycles. The van der Waals surface area contributed by atoms with Gasteiger partial charge in [-0.2, -0.15) is 0 Å². The van der Waals surface area contributed by atoms with Crippen molar-refractivity contribution in [2.75, 3.05) is 13.6 Å². The average molecular weight is 270 g/mol. The largest absolute Gasteiger partial charge is 0.366 e. The second-order valence-electron chi connectivity index (χ2n) is 3.48. The highest BCUT2D eigenvalue weighted by Crippen LogP contribution is 2.23. The molecule has 4 heteroatoms. The van der Waals surface area contributed by atoms with Crippen molar-refractivity contribution in [2.24, 2.45) is 4.99 Å². The van der Waals surface area contributed by atoms with E-state index in [1.54, 1.807) is 0 Å². The zero-order valence-electron chi connectivity index (χ0n) is 9.58. The molecule has 0 aromatic carbocycles. The molecule has 0 N–H and O–H groups in total. The van der Waals surface area contributed by atoms with Crippen molar-refractivity contribution in [1.82, 2.24) is 9.88 Å². The van der Waals surface area contributed by atoms with Crippen LogP contribution in [0.2, 0.25) is 0 Å². The van der Waals surface area contributed by atoms with Crippen LogP contribution in [0.3, 0.4) is 0 Å². The molecule has 1 heterocycles. The summed E-state index contributed by atoms with van der Waals surface area (Å²) in [7, 11) is 2.00. The lowest BCUT2D eigenvalue weighted by atomic mass is 10.3. The number of rotatable bonds is 3. The Hall–Kier alpha value is -0.900. The van der Waals surface area contributed by atoms with Crippen LogP contribution in [0.1, 0.15) is 18.3 Å². The van der Waals surface area contributed by atoms with Gasteiger partial charge in [-0.1, -0.05) is 0 Å². The highest BCUT2D eigenvalue weighted by Gasteiger charge is 2.02. The van der Waals surface area contributed by atoms with E-state index in [9.17, 15) is 0 Å². The Kier molecular flexibility index (Phi) is 4.27. The van der Waals surface area contributed by atoms with Crippen LogP contribution in [0.5, 0.6) is 0 Å². The predicted molar refractivity (Wildman–Crippen MR) is 67.9 cm³/mol. The average Bonchev–Trinajstić information content (AvgIpc) is 2.21. The van der Waals surface area contributed by atoms with Crippen LogP contribution in [0.4, 0.5) is 5.69 Å². The first-order valence-corrected chi connectivity index (χ1v) is 5.72. The minimum atomic E-state index is 0.910. The first kappa shape index (κ1) is 12.2. The molecule has 0 aliphatic rings. The summed E-state index contributed by atoms with van der Waals surface area (Å²) in [5, 5.41) is 0. The Morgan fingerprint density at radius 3 is 2.73 bits per heavy atom. The lowest BCUT2D eigenvalue weighted by molar-refractivity contribution is 0.552. The third kappa shape index (κ3) is 3.30. The summed E-state index contributed by atoms with van der Waals surface area (Å²) < 4.78 is 0.999. The molecule has 1 aromatic rings. The fourth-order valence-electron chi connectivity index (χ4n) is 1.06. The van der Waals surface area contributed by atoms with Crippen LogP contribution in [-0.4, -0.2) is 29.8 Å². The van der Waals surface area contributed by atoms with Gasteiger partial charge in [0.25, 0.3) is 0 Å². The standard InChI is InChI=1S/C11H16BrN3/c1-5-15(4)7-13-11-6-10(12)8(2)14-9(11)3/h6-7H,5H2,1-4H3. The van der Waals surface area contributed by atoms with E-state index in [4.69, 9.17) is 0 Å². The monoisotopic (exact) mass is 269 g/mol. The van der Waals surface area contributed by atoms with Gasteiger partial charge in [0.2, 0.25) is 0 Å². The lowest BCUT2D eigenvalue weighted by Gasteiger charge is -2.09. The van der Waals surface area contributed by atoms with Gasteiger partial charge in [0.15, 0.2) is 0 Å². The van der Waals surface area contributed by atoms with E-state index in [2.05, 4.69) is 32.8 Å². The predicted octanol–water partition coefficient (Wildman–Crippen LogP) is 3.07. The van der Waals surface area contributed by atoms with E-state index >= 15 is 0 Å². The number of hydrogen-bond acceptors (Lipinski definition) is 2. The Morgan fingerprint density at radius 1 is 1.47 bits per heavy atom. The molecule has 0 atom stereocenters. The molecule has 0 bridgehead atoms. The number of nitrogens with zero attached hydrogens (tertiary/aromatic N) is 3. The topological polar surface area (TPSA) is 28.5 Å². The van der Waals surface area contributed by atoms with Gasteiger partial charge in [0, 0.05) is 18.1 Å². The molecule has 0 amide bonds. The number of hydrogen-bond donors (Lipinski definition) is 0. The van der Waals surface area contributed by atoms with E-state index in [0.717, 1.165) is 28.1 Å². The van der Waals surface area contributed by atoms with E-state index in [-0.39, 0.29) is 0 Å². The van der Waals surface area contributed by atoms with Gasteiger partial charge >= 0.3 is 0 Å². The summed E-state index contributed by atoms with van der Waals surface area (Å²) in [6.07, 6.45) is 1.83. The zero-order chi connectivity index (χ0) is 11.4. The molecule has 1 aromatic heterocycles. The maximum Gasteiger partial charge on any atom is 0.0910 e. The third-order valence-electron chi connectivity index (χ3n) is 2.21. The molecular weight excluding hydrogens is 254 g/mol. The highest BCUT2D eigenvalue weighted by atomic mass is 79.9. The van der Waals surface area contributed by atoms with Crippen LogP contribution in [0.15, 0.2) is 15.5 Å². The van der Waals surface area contributed by atoms with Gasteiger partial charge in [-0.15, -0.1) is 0 Å². The van der Waals surface area contributed by atoms with Crippen molar-refractivity contribution < 1.29 is 0 Å². The van der Waals surface area contributed by atoms with Crippen LogP contribution >= 0.6 is 15.9 Å². The molecule has 15 heavy (non-hydrogen) atoms. The van der Waals surface area contributed by atoms with Gasteiger partial charge < -0.3 is 4.90 Å². The van der Waals surface area contributed by atoms with Crippen LogP contribution in [0, 0.1) is 13.8 Å². The Balaban J connectivity index is 2.95. The second-order valence-corrected chi connectivity index (χ2v) is 4.33. The van der Waals surface area contributed by atoms with Crippen molar-refractivity contribution in [1.29, 1.82) is 0 Å². The maximum atomic E-state index is 4.40. The normalized spacial score (nSPS) is 11.0. The number of aryl methyl sites for hydroxylation is 2. The molecule has 0 saturated carbocycles. The molecule has 0 aliphatic carbocycles. The molecule has 1 rings (SSSR count). The number of halogens is 1. The van der Waals surface area contributed by atoms with E-state index in [1.807, 2.05) is 38.2 Å². The molecular formula is C11H16BrN3. The van der Waals surface area contributed by atoms with Crippen molar-refractivity contribution in [2.45, 2.75) is 20.8 Å². The zero-order valence-corrected chi connectivity index (χ0v) is 11.2. The fraction of sp³-hybridized carbons (Fsp3) is 0.455. The second kappa shape index (κ2) is 5.26. The molecule has 0 saturated heterocycles. The van der Waals surface area contributed by atoms with Crippen molar-refractivity contribution >= 4 is 28.0 Å². The van der Waals surface area contributed by atoms with Crippen LogP contribution in [0.25, 0.3) is 0 Å². The summed E-state index contributed by atoms with van der Waals surface area (Å²) >= 11 is 3.45. The van der Waals surface area contributed by atoms with Gasteiger partial charge in [0.1, 0.15) is 0 Å². The number of pyridine rings is 1. The molecule has 82 valence electrons. The lowest BCUT2D eigenvalue weighted by Crippen LogP contribution is -2.14. The number of aliphatic imine (C=N–C) groups is 1. The first-order chi connectivity index (χ1) is 7.04. The Labute approximate surface area is 99.4 Å². The van der Waals surface area contributed by atoms with E-state index in [0.29, 0.717) is 0 Å². The smallest absolute Gasteiger partial charge is 0.0910 e. The summed E-state index contributed by atoms with van der Waals surface area (Å²) in [4.78, 5) is 10.8. The van der Waals surface area contributed by atoms with Crippen molar-refractivity contribution in [3.8, 4) is 0 Å². The minimum Gasteiger partial charge on any atom is -0.366 e. The third-order valence-corrected chi connectivity index (χ3v) is 3.01. The minimum absolute atomic E-state index is 0.910. The van der Waals surface area contributed by atoms with Crippen LogP contribution in [-0.2, 0) is 0 Å². The fourth-order valence-corrected chi connectivity index (χ4v) is 1.37. The summed E-state index contributed by atoms with van der Waals surface area (Å²) in [5.41, 5.74) is 2.86. The van der Waals surface area contributed by atoms with Gasteiger partial charge in [-0.05, 0) is 42.8 Å². The summed E-state index contributed by atoms with van der Waals surface area (Å²) in [6, 6.07) is 2.00. The van der Waals surface area contributed by atoms with Gasteiger partial charge in [-0.25, -0.2) is 4.99 Å². The van der Waals surface area contributed by atoms with E-state index in [1.165, 1.54) is 0 Å². The Morgan fingerprint density at radius 2 is 2.13 bits per heavy atom. The van der Waals surface area contributed by atoms with Gasteiger partial charge in [-0.3, -0.25) is 4.98 Å². The van der Waals surface area contributed by atoms with Gasteiger partial charge in [0.05, 0.1) is 23.4 Å². The molecule has 3 nitrogen and oxygen atoms in total. The maximum absolute atomic E-state index is 4.40. The van der Waals surface area contributed by atoms with Crippen LogP contribution < -0.4 is 0 Å². The molecule has 0 radical (unpaired) electrons. The molecule has 0 spiro atoms. The van der Waals surface area contributed by atoms with Crippen molar-refractivity contribution in [3.63, 3.8) is 0 Å². The first-order valence-electron chi connectivity index (χ1n) is 4.92. The molecule has 0 unspecified atom stereocenters. The molecule has 0 fully saturated rings. The summed E-state index contributed by atoms with van der Waals surface area (Å²) in [5.74, 6) is 0. The number of aromatic nitrogens is 1. The summed E-state index contributed by atoms with van der Waals surface area (Å²) in [6.45, 7) is 6.98. The highest BCUT2D eigenvalue weighted by molar-refractivity contribution is 9.10. The SMILES string of the molecule is CCN(C)C=Nc1cc(Br)c(C)nc1C.